The summed E-state index contributed by atoms with van der Waals surface area (Å²) in [7, 11) is 0. The smallest absolute Gasteiger partial charge is 0.294 e. The fourth-order valence-electron chi connectivity index (χ4n) is 2.57. The first-order valence-corrected chi connectivity index (χ1v) is 8.40. The first kappa shape index (κ1) is 18.7. The summed E-state index contributed by atoms with van der Waals surface area (Å²) in [5.74, 6) is 0.970. The third kappa shape index (κ3) is 5.19. The lowest BCUT2D eigenvalue weighted by Gasteiger charge is -2.19. The zero-order valence-electron chi connectivity index (χ0n) is 14.1. The molecule has 3 rings (SSSR count). The molecule has 0 unspecified atom stereocenters. The van der Waals surface area contributed by atoms with Crippen LogP contribution < -0.4 is 5.32 Å². The van der Waals surface area contributed by atoms with Crippen molar-refractivity contribution in [2.24, 2.45) is 0 Å². The summed E-state index contributed by atoms with van der Waals surface area (Å²) in [4.78, 5) is 24.8. The standard InChI is InChI=1S/C18H16ClN3O5/c19-13-5-6-16(17(9-13)22(24)25)20-18(23)12-21(10-14-3-1-7-26-14)11-15-4-2-8-27-15/h1-9H,10-12H2,(H,20,23). The van der Waals surface area contributed by atoms with E-state index < -0.39 is 10.8 Å². The number of carbonyl (C=O) groups excluding carboxylic acids is 1. The van der Waals surface area contributed by atoms with E-state index >= 15 is 0 Å². The summed E-state index contributed by atoms with van der Waals surface area (Å²) in [6.07, 6.45) is 3.11. The van der Waals surface area contributed by atoms with Crippen molar-refractivity contribution in [2.45, 2.75) is 13.1 Å². The predicted octanol–water partition coefficient (Wildman–Crippen LogP) is 4.08. The van der Waals surface area contributed by atoms with Gasteiger partial charge in [-0.3, -0.25) is 19.8 Å². The van der Waals surface area contributed by atoms with Gasteiger partial charge in [0.25, 0.3) is 5.69 Å². The number of nitrogens with zero attached hydrogens (tertiary/aromatic N) is 2. The largest absolute Gasteiger partial charge is 0.468 e. The quantitative estimate of drug-likeness (QED) is 0.460. The van der Waals surface area contributed by atoms with Crippen LogP contribution in [0.5, 0.6) is 0 Å². The Balaban J connectivity index is 1.71. The van der Waals surface area contributed by atoms with E-state index in [1.807, 2.05) is 0 Å². The molecule has 3 aromatic rings. The van der Waals surface area contributed by atoms with Crippen LogP contribution in [0.15, 0.2) is 63.8 Å². The van der Waals surface area contributed by atoms with Crippen LogP contribution in [0.3, 0.4) is 0 Å². The molecule has 0 aliphatic heterocycles. The molecule has 0 spiro atoms. The number of anilines is 1. The molecule has 1 aromatic carbocycles. The highest BCUT2D eigenvalue weighted by atomic mass is 35.5. The second-order valence-electron chi connectivity index (χ2n) is 5.77. The third-order valence-electron chi connectivity index (χ3n) is 3.72. The first-order valence-electron chi connectivity index (χ1n) is 8.02. The second kappa shape index (κ2) is 8.52. The molecule has 140 valence electrons. The Hall–Kier alpha value is -3.10. The molecule has 2 heterocycles. The first-order chi connectivity index (χ1) is 13.0. The summed E-state index contributed by atoms with van der Waals surface area (Å²) in [5, 5.41) is 13.9. The van der Waals surface area contributed by atoms with Crippen molar-refractivity contribution in [1.82, 2.24) is 4.90 Å². The maximum atomic E-state index is 12.5. The number of halogens is 1. The molecule has 0 saturated heterocycles. The number of carbonyl (C=O) groups is 1. The second-order valence-corrected chi connectivity index (χ2v) is 6.21. The molecule has 1 amide bonds. The molecule has 1 N–H and O–H groups in total. The topological polar surface area (TPSA) is 102 Å². The molecule has 9 heteroatoms. The molecule has 0 saturated carbocycles. The molecule has 2 aromatic heterocycles. The number of hydrogen-bond donors (Lipinski definition) is 1. The number of nitro benzene ring substituents is 1. The molecule has 0 radical (unpaired) electrons. The van der Waals surface area contributed by atoms with Crippen molar-refractivity contribution in [3.8, 4) is 0 Å². The number of benzene rings is 1. The van der Waals surface area contributed by atoms with E-state index in [0.29, 0.717) is 24.6 Å². The number of nitro groups is 1. The Morgan fingerprint density at radius 3 is 2.26 bits per heavy atom. The minimum absolute atomic E-state index is 0.0127. The maximum absolute atomic E-state index is 12.5. The molecular weight excluding hydrogens is 374 g/mol. The van der Waals surface area contributed by atoms with Gasteiger partial charge in [-0.2, -0.15) is 0 Å². The van der Waals surface area contributed by atoms with E-state index in [1.165, 1.54) is 18.2 Å². The molecule has 0 atom stereocenters. The van der Waals surface area contributed by atoms with Gasteiger partial charge in [0.1, 0.15) is 17.2 Å². The lowest BCUT2D eigenvalue weighted by molar-refractivity contribution is -0.383. The Labute approximate surface area is 159 Å². The van der Waals surface area contributed by atoms with Gasteiger partial charge in [0.2, 0.25) is 5.91 Å². The van der Waals surface area contributed by atoms with Crippen molar-refractivity contribution in [3.05, 3.63) is 81.6 Å². The number of amides is 1. The third-order valence-corrected chi connectivity index (χ3v) is 3.95. The summed E-state index contributed by atoms with van der Waals surface area (Å²) < 4.78 is 10.7. The van der Waals surface area contributed by atoms with E-state index in [9.17, 15) is 14.9 Å². The number of nitrogens with one attached hydrogen (secondary N) is 1. The van der Waals surface area contributed by atoms with Crippen molar-refractivity contribution in [3.63, 3.8) is 0 Å². The normalized spacial score (nSPS) is 10.9. The zero-order chi connectivity index (χ0) is 19.2. The van der Waals surface area contributed by atoms with Crippen LogP contribution in [0.1, 0.15) is 11.5 Å². The van der Waals surface area contributed by atoms with Crippen molar-refractivity contribution in [1.29, 1.82) is 0 Å². The van der Waals surface area contributed by atoms with Crippen LogP contribution in [0.25, 0.3) is 0 Å². The molecule has 27 heavy (non-hydrogen) atoms. The molecule has 0 aliphatic carbocycles. The van der Waals surface area contributed by atoms with E-state index in [-0.39, 0.29) is 22.9 Å². The van der Waals surface area contributed by atoms with Crippen molar-refractivity contribution in [2.75, 3.05) is 11.9 Å². The predicted molar refractivity (Wildman–Crippen MR) is 98.3 cm³/mol. The van der Waals surface area contributed by atoms with Crippen LogP contribution in [0.2, 0.25) is 5.02 Å². The van der Waals surface area contributed by atoms with E-state index in [4.69, 9.17) is 20.4 Å². The van der Waals surface area contributed by atoms with Crippen LogP contribution in [0.4, 0.5) is 11.4 Å². The summed E-state index contributed by atoms with van der Waals surface area (Å²) in [6, 6.07) is 11.2. The Kier molecular flexibility index (Phi) is 5.90. The molecular formula is C18H16ClN3O5. The molecule has 0 fully saturated rings. The minimum Gasteiger partial charge on any atom is -0.468 e. The van der Waals surface area contributed by atoms with Gasteiger partial charge in [0.15, 0.2) is 0 Å². The fourth-order valence-corrected chi connectivity index (χ4v) is 2.73. The van der Waals surface area contributed by atoms with Crippen LogP contribution >= 0.6 is 11.6 Å². The van der Waals surface area contributed by atoms with Crippen LogP contribution in [-0.4, -0.2) is 22.3 Å². The lowest BCUT2D eigenvalue weighted by Crippen LogP contribution is -2.32. The Bertz CT molecular complexity index is 873. The minimum atomic E-state index is -0.592. The van der Waals surface area contributed by atoms with Gasteiger partial charge in [0, 0.05) is 11.1 Å². The van der Waals surface area contributed by atoms with Crippen LogP contribution in [-0.2, 0) is 17.9 Å². The van der Waals surface area contributed by atoms with Gasteiger partial charge < -0.3 is 14.2 Å². The maximum Gasteiger partial charge on any atom is 0.294 e. The highest BCUT2D eigenvalue weighted by Crippen LogP contribution is 2.27. The highest BCUT2D eigenvalue weighted by molar-refractivity contribution is 6.31. The van der Waals surface area contributed by atoms with Crippen molar-refractivity contribution < 1.29 is 18.6 Å². The summed E-state index contributed by atoms with van der Waals surface area (Å²) in [6.45, 7) is 0.745. The van der Waals surface area contributed by atoms with Gasteiger partial charge in [-0.15, -0.1) is 0 Å². The van der Waals surface area contributed by atoms with E-state index in [1.54, 1.807) is 41.7 Å². The average molecular weight is 390 g/mol. The van der Waals surface area contributed by atoms with Gasteiger partial charge in [0.05, 0.1) is 37.1 Å². The fraction of sp³-hybridized carbons (Fsp3) is 0.167. The number of hydrogen-bond acceptors (Lipinski definition) is 6. The average Bonchev–Trinajstić information content (AvgIpc) is 3.30. The monoisotopic (exact) mass is 389 g/mol. The summed E-state index contributed by atoms with van der Waals surface area (Å²) >= 11 is 5.79. The van der Waals surface area contributed by atoms with Gasteiger partial charge in [-0.1, -0.05) is 11.6 Å². The highest BCUT2D eigenvalue weighted by Gasteiger charge is 2.19. The Morgan fingerprint density at radius 2 is 1.74 bits per heavy atom. The molecule has 0 bridgehead atoms. The van der Waals surface area contributed by atoms with E-state index in [0.717, 1.165) is 0 Å². The SMILES string of the molecule is O=C(CN(Cc1ccco1)Cc1ccco1)Nc1ccc(Cl)cc1[N+](=O)[O-]. The van der Waals surface area contributed by atoms with E-state index in [2.05, 4.69) is 5.32 Å². The van der Waals surface area contributed by atoms with Gasteiger partial charge >= 0.3 is 0 Å². The van der Waals surface area contributed by atoms with Gasteiger partial charge in [-0.25, -0.2) is 0 Å². The van der Waals surface area contributed by atoms with Crippen molar-refractivity contribution >= 4 is 28.9 Å². The zero-order valence-corrected chi connectivity index (χ0v) is 14.9. The van der Waals surface area contributed by atoms with Crippen LogP contribution in [0, 0.1) is 10.1 Å². The van der Waals surface area contributed by atoms with Gasteiger partial charge in [-0.05, 0) is 36.4 Å². The molecule has 8 nitrogen and oxygen atoms in total. The lowest BCUT2D eigenvalue weighted by atomic mass is 10.2. The number of rotatable bonds is 8. The molecule has 0 aliphatic rings. The summed E-state index contributed by atoms with van der Waals surface area (Å²) in [5.41, 5.74) is -0.176. The number of furan rings is 2. The Morgan fingerprint density at radius 1 is 1.11 bits per heavy atom.